The van der Waals surface area contributed by atoms with Gasteiger partial charge in [0, 0.05) is 34.9 Å². The smallest absolute Gasteiger partial charge is 0.254 e. The van der Waals surface area contributed by atoms with Gasteiger partial charge in [-0.1, -0.05) is 48.5 Å². The highest BCUT2D eigenvalue weighted by Gasteiger charge is 2.41. The van der Waals surface area contributed by atoms with E-state index >= 15 is 0 Å². The maximum atomic E-state index is 14.4. The van der Waals surface area contributed by atoms with Crippen LogP contribution in [-0.2, 0) is 9.59 Å². The fraction of sp³-hybridized carbons (Fsp3) is 0.200. The van der Waals surface area contributed by atoms with Crippen LogP contribution in [-0.4, -0.2) is 23.9 Å². The Morgan fingerprint density at radius 1 is 1.03 bits per heavy atom. The van der Waals surface area contributed by atoms with Crippen LogP contribution in [0.4, 0.5) is 10.1 Å². The topological polar surface area (TPSA) is 87.7 Å². The normalized spacial score (nSPS) is 19.3. The van der Waals surface area contributed by atoms with Crippen LogP contribution in [0.15, 0.2) is 95.3 Å². The summed E-state index contributed by atoms with van der Waals surface area (Å²) in [7, 11) is 1.44. The lowest BCUT2D eigenvalue weighted by molar-refractivity contribution is -0.116. The summed E-state index contributed by atoms with van der Waals surface area (Å²) in [6.07, 6.45) is 0.911. The molecule has 1 heterocycles. The van der Waals surface area contributed by atoms with E-state index in [1.807, 2.05) is 30.3 Å². The fourth-order valence-electron chi connectivity index (χ4n) is 5.26. The first kappa shape index (κ1) is 24.3. The summed E-state index contributed by atoms with van der Waals surface area (Å²) in [6.45, 7) is 1.78. The molecule has 7 heteroatoms. The molecule has 0 radical (unpaired) electrons. The number of halogens is 1. The Labute approximate surface area is 214 Å². The molecule has 5 rings (SSSR count). The first-order valence-corrected chi connectivity index (χ1v) is 12.1. The Morgan fingerprint density at radius 2 is 1.76 bits per heavy atom. The van der Waals surface area contributed by atoms with E-state index in [-0.39, 0.29) is 28.9 Å². The molecular formula is C30H27FN2O4. The average molecular weight is 499 g/mol. The first-order chi connectivity index (χ1) is 17.9. The maximum absolute atomic E-state index is 14.4. The summed E-state index contributed by atoms with van der Waals surface area (Å²) in [6, 6.07) is 20.6. The predicted octanol–water partition coefficient (Wildman–Crippen LogP) is 5.54. The standard InChI is InChI=1S/C30H27FN2O4/c1-17-27(30(36)33-22-11-7-6-10-21(22)31)28(19-12-13-24(34)26(16-19)37-2)29-23(32-17)14-20(15-25(29)35)18-8-4-3-5-9-18/h3-13,16,20,28,32,34H,14-15H2,1-2H3,(H,33,36)/t20-,28+/m0/s1. The van der Waals surface area contributed by atoms with Gasteiger partial charge in [-0.25, -0.2) is 4.39 Å². The van der Waals surface area contributed by atoms with Crippen molar-refractivity contribution >= 4 is 17.4 Å². The summed E-state index contributed by atoms with van der Waals surface area (Å²) >= 11 is 0. The minimum atomic E-state index is -0.721. The number of amides is 1. The van der Waals surface area contributed by atoms with Crippen molar-refractivity contribution in [1.29, 1.82) is 0 Å². The number of ether oxygens (including phenoxy) is 1. The van der Waals surface area contributed by atoms with Crippen molar-refractivity contribution in [3.05, 3.63) is 112 Å². The second kappa shape index (κ2) is 9.93. The Morgan fingerprint density at radius 3 is 2.49 bits per heavy atom. The van der Waals surface area contributed by atoms with Gasteiger partial charge < -0.3 is 20.5 Å². The van der Waals surface area contributed by atoms with Gasteiger partial charge in [0.1, 0.15) is 5.82 Å². The third-order valence-electron chi connectivity index (χ3n) is 7.00. The molecular weight excluding hydrogens is 471 g/mol. The maximum Gasteiger partial charge on any atom is 0.254 e. The minimum Gasteiger partial charge on any atom is -0.504 e. The van der Waals surface area contributed by atoms with Crippen molar-refractivity contribution < 1.29 is 23.8 Å². The number of phenols is 1. The SMILES string of the molecule is COc1cc([C@@H]2C(C(=O)Nc3ccccc3F)=C(C)NC3=C2C(=O)C[C@@H](c2ccccc2)C3)ccc1O. The number of para-hydroxylation sites is 1. The van der Waals surface area contributed by atoms with Crippen molar-refractivity contribution in [3.8, 4) is 11.5 Å². The zero-order valence-corrected chi connectivity index (χ0v) is 20.5. The summed E-state index contributed by atoms with van der Waals surface area (Å²) in [5.74, 6) is -1.67. The lowest BCUT2D eigenvalue weighted by Gasteiger charge is -2.37. The van der Waals surface area contributed by atoms with Gasteiger partial charge in [0.15, 0.2) is 17.3 Å². The van der Waals surface area contributed by atoms with Crippen LogP contribution < -0.4 is 15.4 Å². The highest BCUT2D eigenvalue weighted by atomic mass is 19.1. The molecule has 2 atom stereocenters. The van der Waals surface area contributed by atoms with Gasteiger partial charge in [0.05, 0.1) is 12.8 Å². The molecule has 0 bridgehead atoms. The molecule has 0 fully saturated rings. The van der Waals surface area contributed by atoms with E-state index < -0.39 is 17.6 Å². The number of rotatable bonds is 5. The fourth-order valence-corrected chi connectivity index (χ4v) is 5.26. The molecule has 1 amide bonds. The number of carbonyl (C=O) groups is 2. The van der Waals surface area contributed by atoms with Crippen LogP contribution in [0.3, 0.4) is 0 Å². The second-order valence-corrected chi connectivity index (χ2v) is 9.29. The molecule has 0 aromatic heterocycles. The number of aromatic hydroxyl groups is 1. The number of Topliss-reactive ketones (excluding diaryl/α,β-unsaturated/α-hetero) is 1. The van der Waals surface area contributed by atoms with Crippen LogP contribution in [0.1, 0.15) is 42.7 Å². The molecule has 3 aromatic rings. The monoisotopic (exact) mass is 498 g/mol. The molecule has 6 nitrogen and oxygen atoms in total. The molecule has 0 spiro atoms. The quantitative estimate of drug-likeness (QED) is 0.430. The van der Waals surface area contributed by atoms with Crippen LogP contribution in [0.2, 0.25) is 0 Å². The minimum absolute atomic E-state index is 0.0107. The third kappa shape index (κ3) is 4.60. The number of nitrogens with one attached hydrogen (secondary N) is 2. The van der Waals surface area contributed by atoms with Gasteiger partial charge in [-0.2, -0.15) is 0 Å². The Kier molecular flexibility index (Phi) is 6.53. The molecule has 188 valence electrons. The first-order valence-electron chi connectivity index (χ1n) is 12.1. The predicted molar refractivity (Wildman–Crippen MR) is 139 cm³/mol. The average Bonchev–Trinajstić information content (AvgIpc) is 2.90. The van der Waals surface area contributed by atoms with Crippen molar-refractivity contribution in [2.24, 2.45) is 0 Å². The highest BCUT2D eigenvalue weighted by molar-refractivity contribution is 6.10. The lowest BCUT2D eigenvalue weighted by Crippen LogP contribution is -2.37. The number of dihydropyridines is 1. The summed E-state index contributed by atoms with van der Waals surface area (Å²) in [5.41, 5.74) is 3.90. The zero-order valence-electron chi connectivity index (χ0n) is 20.5. The van der Waals surface area contributed by atoms with E-state index in [4.69, 9.17) is 4.74 Å². The van der Waals surface area contributed by atoms with Gasteiger partial charge in [-0.15, -0.1) is 0 Å². The molecule has 3 aromatic carbocycles. The second-order valence-electron chi connectivity index (χ2n) is 9.29. The Balaban J connectivity index is 1.60. The van der Waals surface area contributed by atoms with Crippen LogP contribution in [0.25, 0.3) is 0 Å². The molecule has 2 aliphatic rings. The number of benzene rings is 3. The molecule has 37 heavy (non-hydrogen) atoms. The van der Waals surface area contributed by atoms with Gasteiger partial charge >= 0.3 is 0 Å². The van der Waals surface area contributed by atoms with Gasteiger partial charge in [-0.05, 0) is 54.7 Å². The van der Waals surface area contributed by atoms with Crippen molar-refractivity contribution in [2.75, 3.05) is 12.4 Å². The number of phenolic OH excluding ortho intramolecular Hbond substituents is 1. The number of ketones is 1. The molecule has 0 unspecified atom stereocenters. The van der Waals surface area contributed by atoms with Gasteiger partial charge in [0.2, 0.25) is 0 Å². The van der Waals surface area contributed by atoms with Crippen LogP contribution in [0, 0.1) is 5.82 Å². The molecule has 1 aliphatic heterocycles. The largest absolute Gasteiger partial charge is 0.504 e. The highest BCUT2D eigenvalue weighted by Crippen LogP contribution is 2.46. The molecule has 0 saturated heterocycles. The number of hydrogen-bond acceptors (Lipinski definition) is 5. The summed E-state index contributed by atoms with van der Waals surface area (Å²) < 4.78 is 19.7. The lowest BCUT2D eigenvalue weighted by atomic mass is 9.71. The number of allylic oxidation sites excluding steroid dienone is 3. The molecule has 1 aliphatic carbocycles. The molecule has 3 N–H and O–H groups in total. The van der Waals surface area contributed by atoms with Gasteiger partial charge in [0.25, 0.3) is 5.91 Å². The number of hydrogen-bond donors (Lipinski definition) is 3. The summed E-state index contributed by atoms with van der Waals surface area (Å²) in [4.78, 5) is 27.3. The van der Waals surface area contributed by atoms with E-state index in [0.29, 0.717) is 35.2 Å². The number of methoxy groups -OCH3 is 1. The Hall–Kier alpha value is -4.39. The van der Waals surface area contributed by atoms with Crippen LogP contribution >= 0.6 is 0 Å². The van der Waals surface area contributed by atoms with Crippen molar-refractivity contribution in [2.45, 2.75) is 31.6 Å². The van der Waals surface area contributed by atoms with Gasteiger partial charge in [-0.3, -0.25) is 9.59 Å². The van der Waals surface area contributed by atoms with Crippen LogP contribution in [0.5, 0.6) is 11.5 Å². The van der Waals surface area contributed by atoms with E-state index in [1.165, 1.54) is 25.3 Å². The van der Waals surface area contributed by atoms with E-state index in [0.717, 1.165) is 11.3 Å². The zero-order chi connectivity index (χ0) is 26.1. The number of carbonyl (C=O) groups excluding carboxylic acids is 2. The van der Waals surface area contributed by atoms with Crippen molar-refractivity contribution in [3.63, 3.8) is 0 Å². The van der Waals surface area contributed by atoms with E-state index in [2.05, 4.69) is 10.6 Å². The molecule has 0 saturated carbocycles. The van der Waals surface area contributed by atoms with Crippen molar-refractivity contribution in [1.82, 2.24) is 5.32 Å². The summed E-state index contributed by atoms with van der Waals surface area (Å²) in [5, 5.41) is 16.2. The number of anilines is 1. The van der Waals surface area contributed by atoms with E-state index in [1.54, 1.807) is 31.2 Å². The third-order valence-corrected chi connectivity index (χ3v) is 7.00. The Bertz CT molecular complexity index is 1440. The van der Waals surface area contributed by atoms with E-state index in [9.17, 15) is 19.1 Å².